The summed E-state index contributed by atoms with van der Waals surface area (Å²) < 4.78 is 5.32. The van der Waals surface area contributed by atoms with Gasteiger partial charge in [0, 0.05) is 5.92 Å². The zero-order valence-electron chi connectivity index (χ0n) is 8.10. The summed E-state index contributed by atoms with van der Waals surface area (Å²) in [4.78, 5) is 0. The first-order chi connectivity index (χ1) is 6.24. The number of hydrogen-bond donors (Lipinski definition) is 1. The highest BCUT2D eigenvalue weighted by molar-refractivity contribution is 5.21. The first kappa shape index (κ1) is 10.1. The molecule has 0 radical (unpaired) electrons. The first-order valence-electron chi connectivity index (χ1n) is 4.63. The van der Waals surface area contributed by atoms with Crippen molar-refractivity contribution in [3.05, 3.63) is 30.3 Å². The van der Waals surface area contributed by atoms with E-state index in [1.165, 1.54) is 0 Å². The van der Waals surface area contributed by atoms with Gasteiger partial charge >= 0.3 is 0 Å². The average Bonchev–Trinajstić information content (AvgIpc) is 2.18. The van der Waals surface area contributed by atoms with Crippen molar-refractivity contribution in [2.45, 2.75) is 26.6 Å². The molecule has 2 atom stereocenters. The molecule has 0 aliphatic rings. The number of aliphatic hydroxyl groups excluding tert-OH is 1. The van der Waals surface area contributed by atoms with Crippen molar-refractivity contribution in [2.24, 2.45) is 5.92 Å². The Morgan fingerprint density at radius 2 is 1.92 bits per heavy atom. The minimum atomic E-state index is -0.701. The molecule has 0 amide bonds. The van der Waals surface area contributed by atoms with Crippen LogP contribution in [-0.4, -0.2) is 11.4 Å². The minimum absolute atomic E-state index is 0.167. The highest BCUT2D eigenvalue weighted by atomic mass is 16.6. The van der Waals surface area contributed by atoms with Crippen LogP contribution in [0.4, 0.5) is 0 Å². The maximum Gasteiger partial charge on any atom is 0.199 e. The van der Waals surface area contributed by atoms with Crippen LogP contribution in [0.2, 0.25) is 0 Å². The molecule has 1 N–H and O–H groups in total. The zero-order chi connectivity index (χ0) is 9.68. The van der Waals surface area contributed by atoms with Gasteiger partial charge in [0.15, 0.2) is 6.29 Å². The van der Waals surface area contributed by atoms with Crippen molar-refractivity contribution in [1.82, 2.24) is 0 Å². The molecule has 2 nitrogen and oxygen atoms in total. The van der Waals surface area contributed by atoms with Gasteiger partial charge in [-0.15, -0.1) is 0 Å². The average molecular weight is 180 g/mol. The smallest absolute Gasteiger partial charge is 0.199 e. The summed E-state index contributed by atoms with van der Waals surface area (Å²) in [5, 5.41) is 9.55. The van der Waals surface area contributed by atoms with Gasteiger partial charge in [0.2, 0.25) is 0 Å². The molecule has 72 valence electrons. The lowest BCUT2D eigenvalue weighted by Crippen LogP contribution is -2.23. The third-order valence-corrected chi connectivity index (χ3v) is 2.13. The van der Waals surface area contributed by atoms with Gasteiger partial charge in [0.25, 0.3) is 0 Å². The Kier molecular flexibility index (Phi) is 3.77. The van der Waals surface area contributed by atoms with E-state index in [-0.39, 0.29) is 5.92 Å². The van der Waals surface area contributed by atoms with Crippen LogP contribution in [0.15, 0.2) is 30.3 Å². The highest BCUT2D eigenvalue weighted by Crippen LogP contribution is 2.15. The molecular weight excluding hydrogens is 164 g/mol. The van der Waals surface area contributed by atoms with Crippen molar-refractivity contribution < 1.29 is 9.84 Å². The molecule has 2 heteroatoms. The summed E-state index contributed by atoms with van der Waals surface area (Å²) in [6.07, 6.45) is 0.209. The standard InChI is InChI=1S/C11H16O2/c1-3-9(2)11(12)13-10-7-5-4-6-8-10/h4-9,11-12H,3H2,1-2H3. The summed E-state index contributed by atoms with van der Waals surface area (Å²) in [5.41, 5.74) is 0. The number of hydrogen-bond acceptors (Lipinski definition) is 2. The van der Waals surface area contributed by atoms with Gasteiger partial charge < -0.3 is 9.84 Å². The molecule has 13 heavy (non-hydrogen) atoms. The van der Waals surface area contributed by atoms with Crippen LogP contribution in [0.25, 0.3) is 0 Å². The van der Waals surface area contributed by atoms with E-state index in [4.69, 9.17) is 4.74 Å². The van der Waals surface area contributed by atoms with Gasteiger partial charge in [0.05, 0.1) is 0 Å². The van der Waals surface area contributed by atoms with E-state index in [2.05, 4.69) is 0 Å². The fourth-order valence-electron chi connectivity index (χ4n) is 0.956. The normalized spacial score (nSPS) is 15.0. The minimum Gasteiger partial charge on any atom is -0.465 e. The van der Waals surface area contributed by atoms with Gasteiger partial charge in [-0.2, -0.15) is 0 Å². The number of rotatable bonds is 4. The molecule has 0 fully saturated rings. The molecule has 1 aromatic carbocycles. The van der Waals surface area contributed by atoms with Crippen LogP contribution in [0, 0.1) is 5.92 Å². The zero-order valence-corrected chi connectivity index (χ0v) is 8.10. The van der Waals surface area contributed by atoms with E-state index in [0.717, 1.165) is 12.2 Å². The molecule has 1 aromatic rings. The van der Waals surface area contributed by atoms with Crippen molar-refractivity contribution in [1.29, 1.82) is 0 Å². The van der Waals surface area contributed by atoms with E-state index in [0.29, 0.717) is 0 Å². The molecular formula is C11H16O2. The first-order valence-corrected chi connectivity index (χ1v) is 4.63. The Morgan fingerprint density at radius 3 is 2.46 bits per heavy atom. The molecule has 0 bridgehead atoms. The van der Waals surface area contributed by atoms with Gasteiger partial charge in [-0.1, -0.05) is 32.0 Å². The molecule has 0 aliphatic heterocycles. The van der Waals surface area contributed by atoms with Crippen LogP contribution in [0.3, 0.4) is 0 Å². The number of benzene rings is 1. The Balaban J connectivity index is 2.50. The summed E-state index contributed by atoms with van der Waals surface area (Å²) >= 11 is 0. The van der Waals surface area contributed by atoms with Crippen LogP contribution < -0.4 is 4.74 Å². The monoisotopic (exact) mass is 180 g/mol. The van der Waals surface area contributed by atoms with Crippen LogP contribution in [0.1, 0.15) is 20.3 Å². The van der Waals surface area contributed by atoms with Crippen molar-refractivity contribution in [3.8, 4) is 5.75 Å². The maximum absolute atomic E-state index is 9.55. The second-order valence-electron chi connectivity index (χ2n) is 3.21. The molecule has 0 heterocycles. The Bertz CT molecular complexity index is 233. The van der Waals surface area contributed by atoms with Crippen LogP contribution >= 0.6 is 0 Å². The number of aliphatic hydroxyl groups is 1. The third-order valence-electron chi connectivity index (χ3n) is 2.13. The van der Waals surface area contributed by atoms with E-state index < -0.39 is 6.29 Å². The molecule has 0 saturated carbocycles. The van der Waals surface area contributed by atoms with Gasteiger partial charge in [-0.3, -0.25) is 0 Å². The van der Waals surface area contributed by atoms with Crippen molar-refractivity contribution in [2.75, 3.05) is 0 Å². The van der Waals surface area contributed by atoms with Crippen LogP contribution in [-0.2, 0) is 0 Å². The van der Waals surface area contributed by atoms with E-state index in [1.807, 2.05) is 44.2 Å². The van der Waals surface area contributed by atoms with Gasteiger partial charge in [-0.05, 0) is 18.6 Å². The van der Waals surface area contributed by atoms with Gasteiger partial charge in [-0.25, -0.2) is 0 Å². The lowest BCUT2D eigenvalue weighted by Gasteiger charge is -2.18. The predicted molar refractivity (Wildman–Crippen MR) is 52.5 cm³/mol. The van der Waals surface area contributed by atoms with E-state index >= 15 is 0 Å². The quantitative estimate of drug-likeness (QED) is 0.721. The van der Waals surface area contributed by atoms with Crippen molar-refractivity contribution in [3.63, 3.8) is 0 Å². The molecule has 0 spiro atoms. The summed E-state index contributed by atoms with van der Waals surface area (Å²) in [6, 6.07) is 9.37. The highest BCUT2D eigenvalue weighted by Gasteiger charge is 2.12. The SMILES string of the molecule is CCC(C)C(O)Oc1ccccc1. The molecule has 0 aliphatic carbocycles. The lowest BCUT2D eigenvalue weighted by molar-refractivity contribution is -0.0577. The number of ether oxygens (including phenoxy) is 1. The fraction of sp³-hybridized carbons (Fsp3) is 0.455. The second kappa shape index (κ2) is 4.87. The fourth-order valence-corrected chi connectivity index (χ4v) is 0.956. The third kappa shape index (κ3) is 3.07. The summed E-state index contributed by atoms with van der Waals surface area (Å²) in [5.74, 6) is 0.885. The predicted octanol–water partition coefficient (Wildman–Crippen LogP) is 2.43. The molecule has 2 unspecified atom stereocenters. The topological polar surface area (TPSA) is 29.5 Å². The Hall–Kier alpha value is -1.02. The van der Waals surface area contributed by atoms with Crippen molar-refractivity contribution >= 4 is 0 Å². The Labute approximate surface area is 79.2 Å². The van der Waals surface area contributed by atoms with Gasteiger partial charge in [0.1, 0.15) is 5.75 Å². The Morgan fingerprint density at radius 1 is 1.31 bits per heavy atom. The molecule has 1 rings (SSSR count). The number of para-hydroxylation sites is 1. The second-order valence-corrected chi connectivity index (χ2v) is 3.21. The molecule has 0 aromatic heterocycles. The van der Waals surface area contributed by atoms with E-state index in [1.54, 1.807) is 0 Å². The largest absolute Gasteiger partial charge is 0.465 e. The molecule has 0 saturated heterocycles. The van der Waals surface area contributed by atoms with Crippen LogP contribution in [0.5, 0.6) is 5.75 Å². The summed E-state index contributed by atoms with van der Waals surface area (Å²) in [6.45, 7) is 4.00. The maximum atomic E-state index is 9.55. The summed E-state index contributed by atoms with van der Waals surface area (Å²) in [7, 11) is 0. The lowest BCUT2D eigenvalue weighted by atomic mass is 10.1. The van der Waals surface area contributed by atoms with E-state index in [9.17, 15) is 5.11 Å².